The second kappa shape index (κ2) is 6.50. The van der Waals surface area contributed by atoms with Gasteiger partial charge in [0.05, 0.1) is 0 Å². The molecule has 0 unspecified atom stereocenters. The van der Waals surface area contributed by atoms with E-state index >= 15 is 0 Å². The van der Waals surface area contributed by atoms with E-state index < -0.39 is 0 Å². The van der Waals surface area contributed by atoms with Gasteiger partial charge in [-0.15, -0.1) is 0 Å². The summed E-state index contributed by atoms with van der Waals surface area (Å²) in [6.07, 6.45) is 5.20. The maximum atomic E-state index is 4.86. The minimum absolute atomic E-state index is 0.713. The number of rotatable bonds is 4. The molecule has 23 heavy (non-hydrogen) atoms. The molecule has 0 amide bonds. The lowest BCUT2D eigenvalue weighted by Gasteiger charge is -2.23. The third-order valence-corrected chi connectivity index (χ3v) is 4.69. The molecule has 3 aromatic rings. The number of fused-ring (bicyclic) bond motifs is 1. The van der Waals surface area contributed by atoms with Gasteiger partial charge in [-0.2, -0.15) is 0 Å². The number of imidazole rings is 1. The first-order chi connectivity index (χ1) is 11.4. The Morgan fingerprint density at radius 2 is 1.87 bits per heavy atom. The van der Waals surface area contributed by atoms with Gasteiger partial charge in [0.2, 0.25) is 0 Å². The molecule has 4 rings (SSSR count). The molecule has 2 aromatic heterocycles. The maximum Gasteiger partial charge on any atom is 0.160 e. The zero-order valence-electron chi connectivity index (χ0n) is 13.3. The highest BCUT2D eigenvalue weighted by molar-refractivity contribution is 5.71. The van der Waals surface area contributed by atoms with E-state index in [-0.39, 0.29) is 0 Å². The van der Waals surface area contributed by atoms with E-state index in [1.165, 1.54) is 18.4 Å². The lowest BCUT2D eigenvalue weighted by atomic mass is 9.98. The number of nitrogens with one attached hydrogen (secondary N) is 1. The van der Waals surface area contributed by atoms with Crippen LogP contribution in [0.15, 0.2) is 48.7 Å². The van der Waals surface area contributed by atoms with Gasteiger partial charge >= 0.3 is 0 Å². The number of benzene rings is 1. The van der Waals surface area contributed by atoms with Crippen molar-refractivity contribution in [3.63, 3.8) is 0 Å². The highest BCUT2D eigenvalue weighted by atomic mass is 15.1. The van der Waals surface area contributed by atoms with Crippen LogP contribution in [0.2, 0.25) is 0 Å². The van der Waals surface area contributed by atoms with Crippen molar-refractivity contribution in [2.45, 2.75) is 25.8 Å². The fraction of sp³-hybridized carbons (Fsp3) is 0.368. The molecule has 118 valence electrons. The van der Waals surface area contributed by atoms with Gasteiger partial charge in [0.1, 0.15) is 11.3 Å². The molecule has 1 saturated heterocycles. The van der Waals surface area contributed by atoms with Crippen LogP contribution < -0.4 is 5.32 Å². The molecule has 0 atom stereocenters. The average molecular weight is 306 g/mol. The monoisotopic (exact) mass is 306 g/mol. The molecule has 3 heterocycles. The van der Waals surface area contributed by atoms with Crippen LogP contribution in [-0.2, 0) is 13.0 Å². The molecular weight excluding hydrogens is 284 g/mol. The Labute approximate surface area is 136 Å². The maximum absolute atomic E-state index is 4.86. The Kier molecular flexibility index (Phi) is 4.07. The third kappa shape index (κ3) is 3.13. The van der Waals surface area contributed by atoms with Gasteiger partial charge in [-0.25, -0.2) is 9.97 Å². The van der Waals surface area contributed by atoms with Gasteiger partial charge < -0.3 is 9.88 Å². The smallest absolute Gasteiger partial charge is 0.160 e. The second-order valence-electron chi connectivity index (χ2n) is 6.34. The number of aromatic nitrogens is 3. The zero-order chi connectivity index (χ0) is 15.5. The van der Waals surface area contributed by atoms with E-state index in [1.807, 2.05) is 12.3 Å². The molecule has 0 spiro atoms. The minimum Gasteiger partial charge on any atom is -0.317 e. The van der Waals surface area contributed by atoms with Crippen molar-refractivity contribution in [2.75, 3.05) is 13.1 Å². The Morgan fingerprint density at radius 3 is 2.70 bits per heavy atom. The zero-order valence-corrected chi connectivity index (χ0v) is 13.3. The first-order valence-corrected chi connectivity index (χ1v) is 8.45. The minimum atomic E-state index is 0.713. The van der Waals surface area contributed by atoms with Crippen molar-refractivity contribution in [1.29, 1.82) is 0 Å². The van der Waals surface area contributed by atoms with Crippen molar-refractivity contribution < 1.29 is 0 Å². The van der Waals surface area contributed by atoms with Gasteiger partial charge in [0.15, 0.2) is 5.65 Å². The fourth-order valence-corrected chi connectivity index (χ4v) is 3.43. The summed E-state index contributed by atoms with van der Waals surface area (Å²) >= 11 is 0. The van der Waals surface area contributed by atoms with Gasteiger partial charge in [-0.3, -0.25) is 0 Å². The Bertz CT molecular complexity index is 772. The van der Waals surface area contributed by atoms with Crippen LogP contribution >= 0.6 is 0 Å². The summed E-state index contributed by atoms with van der Waals surface area (Å²) in [7, 11) is 0. The van der Waals surface area contributed by atoms with E-state index in [1.54, 1.807) is 0 Å². The third-order valence-electron chi connectivity index (χ3n) is 4.69. The van der Waals surface area contributed by atoms with Crippen molar-refractivity contribution in [3.8, 4) is 0 Å². The first-order valence-electron chi connectivity index (χ1n) is 8.45. The van der Waals surface area contributed by atoms with Crippen LogP contribution in [0.5, 0.6) is 0 Å². The normalized spacial score (nSPS) is 16.0. The molecule has 0 aliphatic carbocycles. The van der Waals surface area contributed by atoms with E-state index in [0.29, 0.717) is 5.92 Å². The predicted molar refractivity (Wildman–Crippen MR) is 92.4 cm³/mol. The van der Waals surface area contributed by atoms with Crippen molar-refractivity contribution >= 4 is 11.2 Å². The molecule has 1 aromatic carbocycles. The molecule has 1 N–H and O–H groups in total. The summed E-state index contributed by atoms with van der Waals surface area (Å²) in [4.78, 5) is 9.45. The SMILES string of the molecule is c1ccc(Cc2nc3cccnc3n2CC2CCNCC2)cc1. The van der Waals surface area contributed by atoms with Crippen molar-refractivity contribution in [3.05, 3.63) is 60.0 Å². The van der Waals surface area contributed by atoms with Crippen LogP contribution in [-0.4, -0.2) is 27.6 Å². The quantitative estimate of drug-likeness (QED) is 0.805. The second-order valence-corrected chi connectivity index (χ2v) is 6.34. The van der Waals surface area contributed by atoms with E-state index in [9.17, 15) is 0 Å². The van der Waals surface area contributed by atoms with Gasteiger partial charge in [0.25, 0.3) is 0 Å². The number of pyridine rings is 1. The van der Waals surface area contributed by atoms with Gasteiger partial charge in [0, 0.05) is 19.2 Å². The van der Waals surface area contributed by atoms with E-state index in [0.717, 1.165) is 43.0 Å². The van der Waals surface area contributed by atoms with Crippen LogP contribution in [0.3, 0.4) is 0 Å². The Balaban J connectivity index is 1.69. The summed E-state index contributed by atoms with van der Waals surface area (Å²) in [5.74, 6) is 1.84. The molecule has 0 radical (unpaired) electrons. The number of piperidine rings is 1. The lowest BCUT2D eigenvalue weighted by molar-refractivity contribution is 0.333. The standard InChI is InChI=1S/C19H22N4/c1-2-5-15(6-3-1)13-18-22-17-7-4-10-21-19(17)23(18)14-16-8-11-20-12-9-16/h1-7,10,16,20H,8-9,11-14H2. The summed E-state index contributed by atoms with van der Waals surface area (Å²) in [5, 5.41) is 3.45. The van der Waals surface area contributed by atoms with Crippen LogP contribution in [0, 0.1) is 5.92 Å². The number of hydrogen-bond acceptors (Lipinski definition) is 3. The number of hydrogen-bond donors (Lipinski definition) is 1. The lowest BCUT2D eigenvalue weighted by Crippen LogP contribution is -2.30. The molecule has 1 aliphatic heterocycles. The highest BCUT2D eigenvalue weighted by Crippen LogP contribution is 2.21. The molecule has 0 bridgehead atoms. The van der Waals surface area contributed by atoms with Crippen LogP contribution in [0.4, 0.5) is 0 Å². The summed E-state index contributed by atoms with van der Waals surface area (Å²) in [6.45, 7) is 3.27. The highest BCUT2D eigenvalue weighted by Gasteiger charge is 2.18. The largest absolute Gasteiger partial charge is 0.317 e. The predicted octanol–water partition coefficient (Wildman–Crippen LogP) is 3.02. The molecule has 1 aliphatic rings. The number of nitrogens with zero attached hydrogens (tertiary/aromatic N) is 3. The van der Waals surface area contributed by atoms with Gasteiger partial charge in [-0.1, -0.05) is 30.3 Å². The summed E-state index contributed by atoms with van der Waals surface area (Å²) in [6, 6.07) is 14.6. The summed E-state index contributed by atoms with van der Waals surface area (Å²) < 4.78 is 2.35. The van der Waals surface area contributed by atoms with Crippen molar-refractivity contribution in [1.82, 2.24) is 19.9 Å². The molecule has 4 heteroatoms. The molecule has 0 saturated carbocycles. The van der Waals surface area contributed by atoms with E-state index in [2.05, 4.69) is 51.3 Å². The summed E-state index contributed by atoms with van der Waals surface area (Å²) in [5.41, 5.74) is 3.33. The molecule has 4 nitrogen and oxygen atoms in total. The first kappa shape index (κ1) is 14.4. The van der Waals surface area contributed by atoms with Gasteiger partial charge in [-0.05, 0) is 49.5 Å². The van der Waals surface area contributed by atoms with Crippen LogP contribution in [0.1, 0.15) is 24.2 Å². The molecule has 1 fully saturated rings. The average Bonchev–Trinajstić information content (AvgIpc) is 2.94. The fourth-order valence-electron chi connectivity index (χ4n) is 3.43. The van der Waals surface area contributed by atoms with Crippen LogP contribution in [0.25, 0.3) is 11.2 Å². The Morgan fingerprint density at radius 1 is 1.04 bits per heavy atom. The topological polar surface area (TPSA) is 42.7 Å². The van der Waals surface area contributed by atoms with E-state index in [4.69, 9.17) is 4.98 Å². The Hall–Kier alpha value is -2.20. The molecular formula is C19H22N4. The van der Waals surface area contributed by atoms with Crippen molar-refractivity contribution in [2.24, 2.45) is 5.92 Å².